The molecule has 0 saturated heterocycles. The minimum Gasteiger partial charge on any atom is -0.350 e. The van der Waals surface area contributed by atoms with Gasteiger partial charge in [0.1, 0.15) is 6.33 Å². The van der Waals surface area contributed by atoms with Crippen LogP contribution in [0.4, 0.5) is 4.79 Å². The van der Waals surface area contributed by atoms with Crippen LogP contribution in [0.2, 0.25) is 0 Å². The number of nitrogens with one attached hydrogen (secondary N) is 1. The summed E-state index contributed by atoms with van der Waals surface area (Å²) in [7, 11) is 0. The van der Waals surface area contributed by atoms with E-state index < -0.39 is 6.03 Å². The van der Waals surface area contributed by atoms with Gasteiger partial charge in [0.2, 0.25) is 0 Å². The number of carbonyl (C=O) groups is 1. The molecule has 0 aromatic carbocycles. The largest absolute Gasteiger partial charge is 0.350 e. The van der Waals surface area contributed by atoms with E-state index in [0.717, 1.165) is 6.33 Å². The second-order valence-electron chi connectivity index (χ2n) is 1.78. The van der Waals surface area contributed by atoms with Crippen molar-refractivity contribution in [1.82, 2.24) is 9.66 Å². The number of nitrogens with two attached hydrogens (primary N) is 1. The summed E-state index contributed by atoms with van der Waals surface area (Å²) in [5.41, 5.74) is 6.60. The van der Waals surface area contributed by atoms with Gasteiger partial charge in [-0.15, -0.1) is 24.8 Å². The molecule has 0 unspecified atom stereocenters. The van der Waals surface area contributed by atoms with Crippen molar-refractivity contribution in [2.24, 2.45) is 5.73 Å². The van der Waals surface area contributed by atoms with Crippen molar-refractivity contribution < 1.29 is 4.79 Å². The molecule has 1 rings (SSSR count). The minimum absolute atomic E-state index is 0. The molecule has 0 bridgehead atoms. The summed E-state index contributed by atoms with van der Waals surface area (Å²) in [4.78, 5) is 24.0. The van der Waals surface area contributed by atoms with Gasteiger partial charge in [-0.2, -0.15) is 4.98 Å². The predicted molar refractivity (Wildman–Crippen MR) is 51.9 cm³/mol. The molecule has 0 fully saturated rings. The van der Waals surface area contributed by atoms with Gasteiger partial charge in [0, 0.05) is 12.3 Å². The topological polar surface area (TPSA) is 90.0 Å². The number of hydrogen-bond donors (Lipinski definition) is 2. The van der Waals surface area contributed by atoms with Gasteiger partial charge in [0.15, 0.2) is 0 Å². The van der Waals surface area contributed by atoms with E-state index in [-0.39, 0.29) is 30.4 Å². The monoisotopic (exact) mass is 226 g/mol. The van der Waals surface area contributed by atoms with Crippen LogP contribution in [0.15, 0.2) is 23.4 Å². The first-order chi connectivity index (χ1) is 5.18. The Hall–Kier alpha value is -1.27. The van der Waals surface area contributed by atoms with E-state index in [4.69, 9.17) is 5.73 Å². The molecule has 6 nitrogen and oxygen atoms in total. The van der Waals surface area contributed by atoms with Crippen LogP contribution in [0.1, 0.15) is 0 Å². The maximum Gasteiger partial charge on any atom is 0.331 e. The number of carbonyl (C=O) groups excluding carboxylic acids is 1. The molecular formula is C5H8Cl2N4O2. The van der Waals surface area contributed by atoms with E-state index in [1.807, 2.05) is 0 Å². The SMILES string of the molecule is Cl.Cl.NC(=O)Nn1ccc(=O)nc1. The quantitative estimate of drug-likeness (QED) is 0.690. The van der Waals surface area contributed by atoms with E-state index in [1.54, 1.807) is 0 Å². The zero-order valence-electron chi connectivity index (χ0n) is 6.34. The molecule has 1 heterocycles. The van der Waals surface area contributed by atoms with Crippen LogP contribution in [-0.2, 0) is 0 Å². The Labute approximate surface area is 85.9 Å². The lowest BCUT2D eigenvalue weighted by atomic mass is 10.7. The molecule has 1 aromatic rings. The number of aromatic nitrogens is 2. The Bertz CT molecular complexity index is 306. The van der Waals surface area contributed by atoms with E-state index >= 15 is 0 Å². The Morgan fingerprint density at radius 3 is 2.54 bits per heavy atom. The first-order valence-electron chi connectivity index (χ1n) is 2.79. The average molecular weight is 227 g/mol. The molecule has 3 N–H and O–H groups in total. The highest BCUT2D eigenvalue weighted by atomic mass is 35.5. The second-order valence-corrected chi connectivity index (χ2v) is 1.78. The van der Waals surface area contributed by atoms with Gasteiger partial charge in [0.25, 0.3) is 5.56 Å². The molecule has 0 aliphatic carbocycles. The van der Waals surface area contributed by atoms with Crippen molar-refractivity contribution in [3.63, 3.8) is 0 Å². The molecule has 8 heteroatoms. The number of nitrogens with zero attached hydrogens (tertiary/aromatic N) is 2. The maximum absolute atomic E-state index is 10.4. The standard InChI is InChI=1S/C5H6N4O2.2ClH/c6-5(11)8-9-2-1-4(10)7-3-9;;/h1-3H,(H3,6,8,11);2*1H. The second kappa shape index (κ2) is 6.27. The normalized spacial score (nSPS) is 7.69. The number of urea groups is 1. The van der Waals surface area contributed by atoms with Crippen LogP contribution < -0.4 is 16.7 Å². The van der Waals surface area contributed by atoms with Gasteiger partial charge in [-0.1, -0.05) is 0 Å². The van der Waals surface area contributed by atoms with Crippen LogP contribution in [0.5, 0.6) is 0 Å². The molecule has 13 heavy (non-hydrogen) atoms. The summed E-state index contributed by atoms with van der Waals surface area (Å²) >= 11 is 0. The third-order valence-electron chi connectivity index (χ3n) is 0.926. The lowest BCUT2D eigenvalue weighted by Gasteiger charge is -2.02. The molecule has 0 atom stereocenters. The highest BCUT2D eigenvalue weighted by molar-refractivity contribution is 5.85. The van der Waals surface area contributed by atoms with Crippen molar-refractivity contribution in [1.29, 1.82) is 0 Å². The molecule has 1 aromatic heterocycles. The number of amides is 2. The van der Waals surface area contributed by atoms with Gasteiger partial charge >= 0.3 is 6.03 Å². The zero-order chi connectivity index (χ0) is 8.27. The highest BCUT2D eigenvalue weighted by Gasteiger charge is 1.90. The lowest BCUT2D eigenvalue weighted by Crippen LogP contribution is -2.29. The molecule has 0 aliphatic heterocycles. The first kappa shape index (κ1) is 14.3. The highest BCUT2D eigenvalue weighted by Crippen LogP contribution is 1.73. The fourth-order valence-corrected chi connectivity index (χ4v) is 0.538. The van der Waals surface area contributed by atoms with Crippen molar-refractivity contribution in [3.8, 4) is 0 Å². The summed E-state index contributed by atoms with van der Waals surface area (Å²) in [6, 6.07) is 0.492. The first-order valence-corrected chi connectivity index (χ1v) is 2.79. The smallest absolute Gasteiger partial charge is 0.331 e. The van der Waals surface area contributed by atoms with Crippen LogP contribution in [0.25, 0.3) is 0 Å². The molecule has 0 saturated carbocycles. The fourth-order valence-electron chi connectivity index (χ4n) is 0.538. The average Bonchev–Trinajstić information content (AvgIpc) is 1.93. The summed E-state index contributed by atoms with van der Waals surface area (Å²) in [5, 5.41) is 0. The van der Waals surface area contributed by atoms with Gasteiger partial charge in [0.05, 0.1) is 0 Å². The third kappa shape index (κ3) is 5.05. The summed E-state index contributed by atoms with van der Waals surface area (Å²) in [6.45, 7) is 0. The molecule has 0 radical (unpaired) electrons. The maximum atomic E-state index is 10.4. The van der Waals surface area contributed by atoms with Crippen LogP contribution >= 0.6 is 24.8 Å². The summed E-state index contributed by atoms with van der Waals surface area (Å²) in [5.74, 6) is 0. The Kier molecular flexibility index (Phi) is 6.88. The van der Waals surface area contributed by atoms with Crippen molar-refractivity contribution in [2.45, 2.75) is 0 Å². The van der Waals surface area contributed by atoms with Crippen LogP contribution in [0, 0.1) is 0 Å². The number of hydrogen-bond acceptors (Lipinski definition) is 3. The minimum atomic E-state index is -0.713. The predicted octanol–water partition coefficient (Wildman–Crippen LogP) is -0.291. The Balaban J connectivity index is 0. The Morgan fingerprint density at radius 1 is 1.54 bits per heavy atom. The van der Waals surface area contributed by atoms with Crippen molar-refractivity contribution in [3.05, 3.63) is 28.9 Å². The molecule has 0 spiro atoms. The van der Waals surface area contributed by atoms with Crippen LogP contribution in [0.3, 0.4) is 0 Å². The fraction of sp³-hybridized carbons (Fsp3) is 0. The molecule has 2 amide bonds. The Morgan fingerprint density at radius 2 is 2.15 bits per heavy atom. The molecular weight excluding hydrogens is 219 g/mol. The van der Waals surface area contributed by atoms with E-state index in [1.165, 1.54) is 16.9 Å². The van der Waals surface area contributed by atoms with Crippen LogP contribution in [-0.4, -0.2) is 15.7 Å². The van der Waals surface area contributed by atoms with E-state index in [9.17, 15) is 9.59 Å². The molecule has 74 valence electrons. The van der Waals surface area contributed by atoms with Crippen molar-refractivity contribution >= 4 is 30.8 Å². The summed E-state index contributed by atoms with van der Waals surface area (Å²) < 4.78 is 1.18. The van der Waals surface area contributed by atoms with Gasteiger partial charge in [-0.3, -0.25) is 4.79 Å². The van der Waals surface area contributed by atoms with Gasteiger partial charge in [-0.05, 0) is 0 Å². The van der Waals surface area contributed by atoms with E-state index in [2.05, 4.69) is 10.4 Å². The number of primary amides is 1. The molecule has 0 aliphatic rings. The van der Waals surface area contributed by atoms with E-state index in [0.29, 0.717) is 0 Å². The lowest BCUT2D eigenvalue weighted by molar-refractivity contribution is 0.257. The van der Waals surface area contributed by atoms with Gasteiger partial charge in [-0.25, -0.2) is 14.9 Å². The zero-order valence-corrected chi connectivity index (χ0v) is 7.97. The number of halogens is 2. The third-order valence-corrected chi connectivity index (χ3v) is 0.926. The van der Waals surface area contributed by atoms with Crippen molar-refractivity contribution in [2.75, 3.05) is 5.43 Å². The number of rotatable bonds is 1. The summed E-state index contributed by atoms with van der Waals surface area (Å²) in [6.07, 6.45) is 2.51. The van der Waals surface area contributed by atoms with Gasteiger partial charge < -0.3 is 5.73 Å².